The zero-order valence-electron chi connectivity index (χ0n) is 22.2. The van der Waals surface area contributed by atoms with E-state index in [-0.39, 0.29) is 5.41 Å². The van der Waals surface area contributed by atoms with Crippen LogP contribution in [0.2, 0.25) is 0 Å². The first kappa shape index (κ1) is 27.9. The molecule has 1 nitrogen and oxygen atoms in total. The molecule has 0 atom stereocenters. The number of benzene rings is 1. The molecule has 1 aromatic carbocycles. The predicted octanol–water partition coefficient (Wildman–Crippen LogP) is 9.69. The Morgan fingerprint density at radius 3 is 2.00 bits per heavy atom. The number of nitrogens with zero attached hydrogens (tertiary/aromatic N) is 1. The van der Waals surface area contributed by atoms with Crippen LogP contribution in [0, 0.1) is 5.41 Å². The van der Waals surface area contributed by atoms with Gasteiger partial charge in [0.15, 0.2) is 0 Å². The Labute approximate surface area is 199 Å². The van der Waals surface area contributed by atoms with Gasteiger partial charge in [-0.1, -0.05) is 97.9 Å². The Morgan fingerprint density at radius 2 is 1.50 bits per heavy atom. The Bertz CT molecular complexity index is 870. The highest BCUT2D eigenvalue weighted by Gasteiger charge is 2.28. The highest BCUT2D eigenvalue weighted by atomic mass is 14.8. The van der Waals surface area contributed by atoms with E-state index in [0.717, 1.165) is 61.9 Å². The van der Waals surface area contributed by atoms with Gasteiger partial charge in [0, 0.05) is 11.3 Å². The van der Waals surface area contributed by atoms with Crippen molar-refractivity contribution in [3.8, 4) is 0 Å². The summed E-state index contributed by atoms with van der Waals surface area (Å²) in [5.41, 5.74) is 9.67. The minimum absolute atomic E-state index is 0.0633. The van der Waals surface area contributed by atoms with Crippen LogP contribution in [-0.2, 0) is 12.8 Å². The van der Waals surface area contributed by atoms with E-state index >= 15 is 0 Å². The van der Waals surface area contributed by atoms with Crippen LogP contribution in [0.5, 0.6) is 0 Å². The number of rotatable bonds is 13. The van der Waals surface area contributed by atoms with Gasteiger partial charge in [0.1, 0.15) is 0 Å². The maximum absolute atomic E-state index is 4.82. The zero-order valence-corrected chi connectivity index (χ0v) is 22.2. The molecule has 0 aliphatic carbocycles. The second-order valence-electron chi connectivity index (χ2n) is 9.31. The van der Waals surface area contributed by atoms with E-state index in [1.807, 2.05) is 0 Å². The minimum atomic E-state index is 0.0633. The lowest BCUT2D eigenvalue weighted by atomic mass is 9.72. The normalized spacial score (nSPS) is 13.4. The molecule has 1 aromatic rings. The van der Waals surface area contributed by atoms with Crippen LogP contribution in [0.3, 0.4) is 0 Å². The van der Waals surface area contributed by atoms with Crippen LogP contribution >= 0.6 is 0 Å². The van der Waals surface area contributed by atoms with Gasteiger partial charge >= 0.3 is 0 Å². The topological polar surface area (TPSA) is 12.4 Å². The van der Waals surface area contributed by atoms with Crippen molar-refractivity contribution in [2.45, 2.75) is 100 Å². The third-order valence-corrected chi connectivity index (χ3v) is 6.73. The lowest BCUT2D eigenvalue weighted by Gasteiger charge is -2.33. The summed E-state index contributed by atoms with van der Waals surface area (Å²) in [6, 6.07) is 6.88. The Kier molecular flexibility index (Phi) is 11.7. The summed E-state index contributed by atoms with van der Waals surface area (Å²) >= 11 is 0. The van der Waals surface area contributed by atoms with Gasteiger partial charge in [-0.15, -0.1) is 0 Å². The molecule has 1 rings (SSSR count). The quantitative estimate of drug-likeness (QED) is 0.217. The summed E-state index contributed by atoms with van der Waals surface area (Å²) in [5, 5.41) is 0. The van der Waals surface area contributed by atoms with Crippen molar-refractivity contribution in [2.24, 2.45) is 10.4 Å². The molecule has 0 aromatic heterocycles. The average Bonchev–Trinajstić information content (AvgIpc) is 2.78. The van der Waals surface area contributed by atoms with E-state index in [1.165, 1.54) is 27.8 Å². The molecule has 0 bridgehead atoms. The first-order valence-corrected chi connectivity index (χ1v) is 12.6. The summed E-state index contributed by atoms with van der Waals surface area (Å²) in [6.45, 7) is 26.7. The third-order valence-electron chi connectivity index (χ3n) is 6.73. The number of allylic oxidation sites excluding steroid dienone is 4. The molecule has 0 amide bonds. The SMILES string of the molecule is C=C(/N=C(\C)CC)/C(=C\C=C(/C)c1ccc(CC)c(CC)c1)C(=C)C(C)(CCC)CCC. The number of aliphatic imine (C=N–C) groups is 1. The van der Waals surface area contributed by atoms with Gasteiger partial charge in [-0.3, -0.25) is 4.99 Å². The van der Waals surface area contributed by atoms with E-state index in [2.05, 4.69) is 98.9 Å². The Balaban J connectivity index is 3.50. The highest BCUT2D eigenvalue weighted by Crippen LogP contribution is 2.42. The van der Waals surface area contributed by atoms with Crippen molar-refractivity contribution in [2.75, 3.05) is 0 Å². The van der Waals surface area contributed by atoms with Crippen LogP contribution in [0.1, 0.15) is 104 Å². The van der Waals surface area contributed by atoms with E-state index < -0.39 is 0 Å². The molecule has 0 saturated heterocycles. The molecule has 0 spiro atoms. The molecule has 0 aliphatic heterocycles. The van der Waals surface area contributed by atoms with Crippen molar-refractivity contribution in [3.63, 3.8) is 0 Å². The lowest BCUT2D eigenvalue weighted by molar-refractivity contribution is 0.334. The van der Waals surface area contributed by atoms with Gasteiger partial charge < -0.3 is 0 Å². The van der Waals surface area contributed by atoms with Gasteiger partial charge in [0.25, 0.3) is 0 Å². The summed E-state index contributed by atoms with van der Waals surface area (Å²) in [4.78, 5) is 4.82. The number of aryl methyl sites for hydroxylation is 2. The second-order valence-corrected chi connectivity index (χ2v) is 9.31. The van der Waals surface area contributed by atoms with Crippen molar-refractivity contribution >= 4 is 11.3 Å². The number of hydrogen-bond donors (Lipinski definition) is 0. The van der Waals surface area contributed by atoms with Crippen LogP contribution in [-0.4, -0.2) is 5.71 Å². The van der Waals surface area contributed by atoms with Crippen molar-refractivity contribution < 1.29 is 0 Å². The standard InChI is InChI=1S/C31H47N/c1-11-20-31(10,21-12-2)25(8)30(26(9)32-24(7)13-3)19-16-23(6)29-18-17-27(14-4)28(15-5)22-29/h16-19,22H,8-9,11-15,20-21H2,1-7,10H3/b23-16+,30-19-,32-24+. The molecule has 0 unspecified atom stereocenters. The molecule has 0 fully saturated rings. The van der Waals surface area contributed by atoms with Crippen LogP contribution in [0.15, 0.2) is 65.3 Å². The van der Waals surface area contributed by atoms with E-state index in [1.54, 1.807) is 0 Å². The molecule has 176 valence electrons. The molecule has 0 N–H and O–H groups in total. The van der Waals surface area contributed by atoms with Gasteiger partial charge in [-0.2, -0.15) is 0 Å². The second kappa shape index (κ2) is 13.4. The van der Waals surface area contributed by atoms with Crippen molar-refractivity contribution in [3.05, 3.63) is 77.0 Å². The average molecular weight is 434 g/mol. The van der Waals surface area contributed by atoms with Crippen LogP contribution < -0.4 is 0 Å². The van der Waals surface area contributed by atoms with Crippen LogP contribution in [0.25, 0.3) is 5.57 Å². The van der Waals surface area contributed by atoms with Crippen LogP contribution in [0.4, 0.5) is 0 Å². The molecular weight excluding hydrogens is 386 g/mol. The smallest absolute Gasteiger partial charge is 0.0632 e. The molecular formula is C31H47N. The lowest BCUT2D eigenvalue weighted by Crippen LogP contribution is -2.20. The maximum Gasteiger partial charge on any atom is 0.0632 e. The Hall–Kier alpha value is -2.15. The van der Waals surface area contributed by atoms with E-state index in [4.69, 9.17) is 4.99 Å². The minimum Gasteiger partial charge on any atom is -0.258 e. The first-order valence-electron chi connectivity index (χ1n) is 12.6. The molecule has 0 heterocycles. The highest BCUT2D eigenvalue weighted by molar-refractivity contribution is 5.83. The Morgan fingerprint density at radius 1 is 0.906 bits per heavy atom. The molecule has 0 aliphatic rings. The molecule has 32 heavy (non-hydrogen) atoms. The molecule has 0 saturated carbocycles. The van der Waals surface area contributed by atoms with Crippen molar-refractivity contribution in [1.82, 2.24) is 0 Å². The molecule has 1 heteroatoms. The van der Waals surface area contributed by atoms with Crippen molar-refractivity contribution in [1.29, 1.82) is 0 Å². The summed E-state index contributed by atoms with van der Waals surface area (Å²) < 4.78 is 0. The first-order chi connectivity index (χ1) is 15.2. The summed E-state index contributed by atoms with van der Waals surface area (Å²) in [7, 11) is 0. The maximum atomic E-state index is 4.82. The fraction of sp³-hybridized carbons (Fsp3) is 0.516. The number of hydrogen-bond acceptors (Lipinski definition) is 1. The van der Waals surface area contributed by atoms with Gasteiger partial charge in [0.2, 0.25) is 0 Å². The van der Waals surface area contributed by atoms with Gasteiger partial charge in [-0.25, -0.2) is 0 Å². The third kappa shape index (κ3) is 7.47. The van der Waals surface area contributed by atoms with E-state index in [0.29, 0.717) is 0 Å². The van der Waals surface area contributed by atoms with Gasteiger partial charge in [0.05, 0.1) is 5.70 Å². The molecule has 0 radical (unpaired) electrons. The summed E-state index contributed by atoms with van der Waals surface area (Å²) in [6.07, 6.45) is 12.0. The zero-order chi connectivity index (χ0) is 24.3. The monoisotopic (exact) mass is 433 g/mol. The largest absolute Gasteiger partial charge is 0.258 e. The predicted molar refractivity (Wildman–Crippen MR) is 147 cm³/mol. The fourth-order valence-electron chi connectivity index (χ4n) is 4.45. The van der Waals surface area contributed by atoms with Gasteiger partial charge in [-0.05, 0) is 79.2 Å². The summed E-state index contributed by atoms with van der Waals surface area (Å²) in [5.74, 6) is 0. The van der Waals surface area contributed by atoms with E-state index in [9.17, 15) is 0 Å². The fourth-order valence-corrected chi connectivity index (χ4v) is 4.45.